The number of nitrogens with zero attached hydrogens (tertiary/aromatic N) is 3. The number of hydrogen-bond acceptors (Lipinski definition) is 8. The van der Waals surface area contributed by atoms with Gasteiger partial charge in [-0.25, -0.2) is 14.8 Å². The van der Waals surface area contributed by atoms with Crippen LogP contribution in [0.15, 0.2) is 66.9 Å². The molecular formula is C37H41F4N7O5. The Bertz CT molecular complexity index is 1860. The Hall–Kier alpha value is -5.38. The third-order valence-corrected chi connectivity index (χ3v) is 9.22. The van der Waals surface area contributed by atoms with Gasteiger partial charge in [0.2, 0.25) is 23.5 Å². The van der Waals surface area contributed by atoms with Crippen LogP contribution < -0.4 is 21.1 Å². The number of halogens is 4. The van der Waals surface area contributed by atoms with Crippen LogP contribution in [0, 0.1) is 11.8 Å². The van der Waals surface area contributed by atoms with Crippen LogP contribution in [0.1, 0.15) is 56.8 Å². The molecule has 0 aliphatic heterocycles. The molecule has 1 aliphatic carbocycles. The van der Waals surface area contributed by atoms with Crippen LogP contribution in [0.4, 0.5) is 23.2 Å². The Morgan fingerprint density at radius 1 is 1.00 bits per heavy atom. The summed E-state index contributed by atoms with van der Waals surface area (Å²) < 4.78 is 61.4. The van der Waals surface area contributed by atoms with E-state index in [9.17, 15) is 31.9 Å². The number of nitrogens with one attached hydrogen (secondary N) is 3. The first-order chi connectivity index (χ1) is 25.3. The highest BCUT2D eigenvalue weighted by Gasteiger charge is 2.65. The Balaban J connectivity index is 1.31. The lowest BCUT2D eigenvalue weighted by molar-refractivity contribution is -0.231. The van der Waals surface area contributed by atoms with Gasteiger partial charge in [0.25, 0.3) is 0 Å². The summed E-state index contributed by atoms with van der Waals surface area (Å²) in [5.74, 6) is -15.8. The zero-order valence-corrected chi connectivity index (χ0v) is 29.0. The number of aromatic amines is 1. The molecule has 6 N–H and O–H groups in total. The van der Waals surface area contributed by atoms with Crippen LogP contribution in [0.25, 0.3) is 22.5 Å². The number of pyridine rings is 1. The van der Waals surface area contributed by atoms with Gasteiger partial charge in [-0.05, 0) is 86.0 Å². The summed E-state index contributed by atoms with van der Waals surface area (Å²) in [4.78, 5) is 45.7. The van der Waals surface area contributed by atoms with Crippen molar-refractivity contribution < 1.29 is 41.8 Å². The van der Waals surface area contributed by atoms with Gasteiger partial charge in [-0.1, -0.05) is 37.6 Å². The van der Waals surface area contributed by atoms with Gasteiger partial charge in [0.05, 0.1) is 6.61 Å². The molecule has 282 valence electrons. The summed E-state index contributed by atoms with van der Waals surface area (Å²) in [6, 6.07) is 15.8. The van der Waals surface area contributed by atoms with Crippen LogP contribution in [0.5, 0.6) is 5.88 Å². The molecule has 0 bridgehead atoms. The number of aliphatic carboxylic acids is 1. The predicted octanol–water partition coefficient (Wildman–Crippen LogP) is 5.96. The summed E-state index contributed by atoms with van der Waals surface area (Å²) in [7, 11) is 0. The molecule has 2 amide bonds. The Labute approximate surface area is 302 Å². The number of carboxylic acid groups (broad SMARTS) is 1. The number of anilines is 1. The van der Waals surface area contributed by atoms with Gasteiger partial charge < -0.3 is 26.2 Å². The second kappa shape index (κ2) is 17.0. The van der Waals surface area contributed by atoms with E-state index in [1.54, 1.807) is 17.4 Å². The van der Waals surface area contributed by atoms with Gasteiger partial charge in [0, 0.05) is 41.4 Å². The molecule has 0 saturated heterocycles. The number of benzene rings is 2. The van der Waals surface area contributed by atoms with E-state index >= 15 is 0 Å². The fraction of sp³-hybridized carbons (Fsp3) is 0.405. The molecule has 5 rings (SSSR count). The summed E-state index contributed by atoms with van der Waals surface area (Å²) in [6.45, 7) is 3.22. The van der Waals surface area contributed by atoms with Crippen LogP contribution in [-0.4, -0.2) is 68.2 Å². The van der Waals surface area contributed by atoms with Gasteiger partial charge in [0.1, 0.15) is 6.04 Å². The van der Waals surface area contributed by atoms with Crippen LogP contribution in [0.3, 0.4) is 0 Å². The Morgan fingerprint density at radius 3 is 2.36 bits per heavy atom. The molecular weight excluding hydrogens is 698 g/mol. The van der Waals surface area contributed by atoms with Crippen molar-refractivity contribution in [1.29, 1.82) is 0 Å². The Morgan fingerprint density at radius 2 is 1.72 bits per heavy atom. The number of carbonyl (C=O) groups excluding carboxylic acids is 2. The SMILES string of the molecule is CCCCOc1ccc(-c2cccc(C[C@H](NC(=O)C3CCC(CN)CC3)C(=O)Nc3ccc(-c4n[nH]c(C(F)(F)C(F)(F)C(=O)O)n4)cc3)c2)cn1. The molecule has 0 unspecified atom stereocenters. The predicted molar refractivity (Wildman–Crippen MR) is 187 cm³/mol. The smallest absolute Gasteiger partial charge is 0.411 e. The number of rotatable bonds is 16. The number of ether oxygens (including phenoxy) is 1. The van der Waals surface area contributed by atoms with E-state index in [1.807, 2.05) is 30.3 Å². The quantitative estimate of drug-likeness (QED) is 0.0684. The molecule has 1 atom stereocenters. The molecule has 2 aromatic carbocycles. The highest BCUT2D eigenvalue weighted by atomic mass is 19.3. The van der Waals surface area contributed by atoms with Crippen molar-refractivity contribution in [3.05, 3.63) is 78.2 Å². The number of hydrogen-bond donors (Lipinski definition) is 5. The second-order valence-corrected chi connectivity index (χ2v) is 13.0. The van der Waals surface area contributed by atoms with Gasteiger partial charge in [-0.3, -0.25) is 14.7 Å². The van der Waals surface area contributed by atoms with E-state index in [2.05, 4.69) is 32.6 Å². The summed E-state index contributed by atoms with van der Waals surface area (Å²) in [5, 5.41) is 19.5. The third kappa shape index (κ3) is 9.35. The van der Waals surface area contributed by atoms with E-state index in [-0.39, 0.29) is 29.5 Å². The van der Waals surface area contributed by atoms with Crippen molar-refractivity contribution >= 4 is 23.5 Å². The number of carbonyl (C=O) groups is 3. The van der Waals surface area contributed by atoms with Gasteiger partial charge >= 0.3 is 17.8 Å². The van der Waals surface area contributed by atoms with Crippen molar-refractivity contribution in [2.75, 3.05) is 18.5 Å². The number of alkyl halides is 4. The fourth-order valence-electron chi connectivity index (χ4n) is 5.98. The lowest BCUT2D eigenvalue weighted by Crippen LogP contribution is -2.48. The minimum absolute atomic E-state index is 0.115. The van der Waals surface area contributed by atoms with Crippen molar-refractivity contribution in [3.8, 4) is 28.4 Å². The zero-order chi connectivity index (χ0) is 38.2. The van der Waals surface area contributed by atoms with Crippen molar-refractivity contribution in [2.45, 2.75) is 69.8 Å². The maximum atomic E-state index is 14.2. The number of amides is 2. The maximum Gasteiger partial charge on any atom is 0.411 e. The normalized spacial score (nSPS) is 16.8. The number of H-pyrrole nitrogens is 1. The molecule has 1 saturated carbocycles. The first-order valence-corrected chi connectivity index (χ1v) is 17.3. The molecule has 0 radical (unpaired) electrons. The minimum Gasteiger partial charge on any atom is -0.478 e. The fourth-order valence-corrected chi connectivity index (χ4v) is 5.98. The monoisotopic (exact) mass is 739 g/mol. The number of carboxylic acids is 1. The standard InChI is InChI=1S/C37H41F4N7O5/c1-2-3-17-53-30-16-13-27(21-43-30)26-6-4-5-23(18-26)19-29(45-32(49)25-9-7-22(20-42)8-10-25)33(50)44-28-14-11-24(12-15-28)31-46-34(48-47-31)36(38,39)37(40,41)35(51)52/h4-6,11-16,18,21-22,25,29H,2-3,7-10,17,19-20,42H2,1H3,(H,44,50)(H,45,49)(H,51,52)(H,46,47,48)/t22?,25?,29-/m0/s1. The van der Waals surface area contributed by atoms with Crippen molar-refractivity contribution in [3.63, 3.8) is 0 Å². The average molecular weight is 740 g/mol. The van der Waals surface area contributed by atoms with Gasteiger partial charge in [-0.2, -0.15) is 22.7 Å². The van der Waals surface area contributed by atoms with Crippen molar-refractivity contribution in [2.24, 2.45) is 17.6 Å². The molecule has 2 aromatic heterocycles. The molecule has 1 aliphatic rings. The van der Waals surface area contributed by atoms with E-state index in [0.29, 0.717) is 37.8 Å². The largest absolute Gasteiger partial charge is 0.478 e. The average Bonchev–Trinajstić information content (AvgIpc) is 3.67. The van der Waals surface area contributed by atoms with E-state index in [0.717, 1.165) is 42.4 Å². The molecule has 4 aromatic rings. The van der Waals surface area contributed by atoms with Gasteiger partial charge in [-0.15, -0.1) is 0 Å². The molecule has 2 heterocycles. The zero-order valence-electron chi connectivity index (χ0n) is 29.0. The summed E-state index contributed by atoms with van der Waals surface area (Å²) in [5.41, 5.74) is 8.70. The maximum absolute atomic E-state index is 14.2. The lowest BCUT2D eigenvalue weighted by atomic mass is 9.81. The first-order valence-electron chi connectivity index (χ1n) is 17.3. The van der Waals surface area contributed by atoms with E-state index in [1.165, 1.54) is 24.3 Å². The molecule has 1 fully saturated rings. The van der Waals surface area contributed by atoms with Gasteiger partial charge in [0.15, 0.2) is 5.82 Å². The van der Waals surface area contributed by atoms with Crippen LogP contribution in [-0.2, 0) is 26.7 Å². The number of nitrogens with two attached hydrogens (primary N) is 1. The van der Waals surface area contributed by atoms with Crippen molar-refractivity contribution in [1.82, 2.24) is 25.5 Å². The number of unbranched alkanes of at least 4 members (excludes halogenated alkanes) is 1. The van der Waals surface area contributed by atoms with Crippen LogP contribution in [0.2, 0.25) is 0 Å². The highest BCUT2D eigenvalue weighted by Crippen LogP contribution is 2.42. The third-order valence-electron chi connectivity index (χ3n) is 9.22. The topological polar surface area (TPSA) is 185 Å². The van der Waals surface area contributed by atoms with E-state index < -0.39 is 41.4 Å². The molecule has 0 spiro atoms. The molecule has 16 heteroatoms. The summed E-state index contributed by atoms with van der Waals surface area (Å²) >= 11 is 0. The Kier molecular flexibility index (Phi) is 12.4. The second-order valence-electron chi connectivity index (χ2n) is 13.0. The minimum atomic E-state index is -5.43. The molecule has 12 nitrogen and oxygen atoms in total. The first kappa shape index (κ1) is 38.8. The highest BCUT2D eigenvalue weighted by molar-refractivity contribution is 5.97. The summed E-state index contributed by atoms with van der Waals surface area (Å²) in [6.07, 6.45) is 6.76. The number of aromatic nitrogens is 4. The van der Waals surface area contributed by atoms with Crippen LogP contribution >= 0.6 is 0 Å². The van der Waals surface area contributed by atoms with E-state index in [4.69, 9.17) is 15.6 Å². The molecule has 53 heavy (non-hydrogen) atoms. The lowest BCUT2D eigenvalue weighted by Gasteiger charge is -2.28.